The van der Waals surface area contributed by atoms with E-state index in [0.29, 0.717) is 19.3 Å². The number of hydrogen-bond donors (Lipinski definition) is 0. The van der Waals surface area contributed by atoms with Gasteiger partial charge in [0.1, 0.15) is 13.2 Å². The third kappa shape index (κ3) is 51.3. The minimum Gasteiger partial charge on any atom is -0.462 e. The number of rotatable bonds is 53. The van der Waals surface area contributed by atoms with Crippen LogP contribution in [0.2, 0.25) is 0 Å². The van der Waals surface area contributed by atoms with E-state index in [1.807, 2.05) is 0 Å². The molecule has 0 aromatic rings. The molecule has 374 valence electrons. The van der Waals surface area contributed by atoms with Crippen LogP contribution < -0.4 is 0 Å². The maximum Gasteiger partial charge on any atom is 0.306 e. The molecular formula is C57H110O6. The second-order valence-corrected chi connectivity index (χ2v) is 19.6. The molecule has 0 saturated heterocycles. The SMILES string of the molecule is CCCCCCCCCCCCCCCCCCCCC(=O)OC[C@@H](COC(=O)CCCCCCCCCCCCCCCCCCC)OC(=O)CCCCCCCCCCCC. The number of esters is 3. The first-order valence-corrected chi connectivity index (χ1v) is 28.5. The lowest BCUT2D eigenvalue weighted by Gasteiger charge is -2.18. The lowest BCUT2D eigenvalue weighted by molar-refractivity contribution is -0.167. The monoisotopic (exact) mass is 891 g/mol. The van der Waals surface area contributed by atoms with Gasteiger partial charge in [0.2, 0.25) is 0 Å². The lowest BCUT2D eigenvalue weighted by atomic mass is 10.0. The van der Waals surface area contributed by atoms with E-state index in [1.165, 1.54) is 231 Å². The summed E-state index contributed by atoms with van der Waals surface area (Å²) >= 11 is 0. The van der Waals surface area contributed by atoms with Crippen molar-refractivity contribution in [3.63, 3.8) is 0 Å². The summed E-state index contributed by atoms with van der Waals surface area (Å²) < 4.78 is 16.9. The van der Waals surface area contributed by atoms with Gasteiger partial charge in [-0.25, -0.2) is 0 Å². The van der Waals surface area contributed by atoms with Gasteiger partial charge in [-0.1, -0.05) is 290 Å². The molecule has 0 fully saturated rings. The van der Waals surface area contributed by atoms with Gasteiger partial charge in [-0.05, 0) is 19.3 Å². The van der Waals surface area contributed by atoms with Crippen molar-refractivity contribution in [3.8, 4) is 0 Å². The Hall–Kier alpha value is -1.59. The third-order valence-corrected chi connectivity index (χ3v) is 13.1. The van der Waals surface area contributed by atoms with Gasteiger partial charge in [-0.3, -0.25) is 14.4 Å². The summed E-state index contributed by atoms with van der Waals surface area (Å²) in [4.78, 5) is 38.0. The molecule has 0 aliphatic rings. The largest absolute Gasteiger partial charge is 0.462 e. The molecule has 6 nitrogen and oxygen atoms in total. The fraction of sp³-hybridized carbons (Fsp3) is 0.947. The van der Waals surface area contributed by atoms with Crippen LogP contribution in [0.3, 0.4) is 0 Å². The van der Waals surface area contributed by atoms with E-state index < -0.39 is 6.10 Å². The van der Waals surface area contributed by atoms with E-state index in [2.05, 4.69) is 20.8 Å². The van der Waals surface area contributed by atoms with Crippen LogP contribution in [-0.2, 0) is 28.6 Å². The van der Waals surface area contributed by atoms with Crippen LogP contribution in [-0.4, -0.2) is 37.2 Å². The number of unbranched alkanes of at least 4 members (excludes halogenated alkanes) is 42. The second kappa shape index (κ2) is 53.0. The maximum atomic E-state index is 12.8. The molecular weight excluding hydrogens is 781 g/mol. The molecule has 0 aromatic heterocycles. The van der Waals surface area contributed by atoms with Crippen molar-refractivity contribution in [1.29, 1.82) is 0 Å². The molecule has 0 aromatic carbocycles. The van der Waals surface area contributed by atoms with Crippen molar-refractivity contribution in [3.05, 3.63) is 0 Å². The van der Waals surface area contributed by atoms with Gasteiger partial charge in [0, 0.05) is 19.3 Å². The second-order valence-electron chi connectivity index (χ2n) is 19.6. The Labute approximate surface area is 393 Å². The molecule has 0 bridgehead atoms. The highest BCUT2D eigenvalue weighted by atomic mass is 16.6. The quantitative estimate of drug-likeness (QED) is 0.0344. The molecule has 0 radical (unpaired) electrons. The summed E-state index contributed by atoms with van der Waals surface area (Å²) in [6.07, 6.45) is 58.1. The average molecular weight is 892 g/mol. The average Bonchev–Trinajstić information content (AvgIpc) is 3.28. The molecule has 0 rings (SSSR count). The van der Waals surface area contributed by atoms with E-state index >= 15 is 0 Å². The first kappa shape index (κ1) is 61.4. The number of carbonyl (C=O) groups excluding carboxylic acids is 3. The number of hydrogen-bond acceptors (Lipinski definition) is 6. The zero-order valence-corrected chi connectivity index (χ0v) is 42.9. The summed E-state index contributed by atoms with van der Waals surface area (Å²) in [5.41, 5.74) is 0. The first-order valence-electron chi connectivity index (χ1n) is 28.5. The van der Waals surface area contributed by atoms with Crippen molar-refractivity contribution in [2.24, 2.45) is 0 Å². The lowest BCUT2D eigenvalue weighted by Crippen LogP contribution is -2.30. The van der Waals surface area contributed by atoms with Gasteiger partial charge in [0.15, 0.2) is 6.10 Å². The van der Waals surface area contributed by atoms with E-state index in [1.54, 1.807) is 0 Å². The Balaban J connectivity index is 4.21. The van der Waals surface area contributed by atoms with Crippen LogP contribution in [0.25, 0.3) is 0 Å². The summed E-state index contributed by atoms with van der Waals surface area (Å²) in [7, 11) is 0. The van der Waals surface area contributed by atoms with Gasteiger partial charge in [-0.15, -0.1) is 0 Å². The summed E-state index contributed by atoms with van der Waals surface area (Å²) in [5.74, 6) is -0.836. The smallest absolute Gasteiger partial charge is 0.306 e. The summed E-state index contributed by atoms with van der Waals surface area (Å²) in [5, 5.41) is 0. The Morgan fingerprint density at radius 3 is 0.635 bits per heavy atom. The first-order chi connectivity index (χ1) is 31.0. The van der Waals surface area contributed by atoms with Crippen molar-refractivity contribution < 1.29 is 28.6 Å². The zero-order chi connectivity index (χ0) is 45.8. The molecule has 0 amide bonds. The molecule has 0 heterocycles. The Kier molecular flexibility index (Phi) is 51.7. The minimum absolute atomic E-state index is 0.0615. The van der Waals surface area contributed by atoms with E-state index in [-0.39, 0.29) is 31.1 Å². The van der Waals surface area contributed by atoms with Gasteiger partial charge in [0.25, 0.3) is 0 Å². The fourth-order valence-electron chi connectivity index (χ4n) is 8.80. The molecule has 0 aliphatic heterocycles. The third-order valence-electron chi connectivity index (χ3n) is 13.1. The van der Waals surface area contributed by atoms with E-state index in [4.69, 9.17) is 14.2 Å². The Bertz CT molecular complexity index is 936. The van der Waals surface area contributed by atoms with Crippen LogP contribution in [0, 0.1) is 0 Å². The fourth-order valence-corrected chi connectivity index (χ4v) is 8.80. The van der Waals surface area contributed by atoms with Crippen molar-refractivity contribution in [1.82, 2.24) is 0 Å². The predicted octanol–water partition coefficient (Wildman–Crippen LogP) is 18.8. The maximum absolute atomic E-state index is 12.8. The summed E-state index contributed by atoms with van der Waals surface area (Å²) in [6, 6.07) is 0. The van der Waals surface area contributed by atoms with Gasteiger partial charge in [-0.2, -0.15) is 0 Å². The topological polar surface area (TPSA) is 78.9 Å². The molecule has 0 saturated carbocycles. The van der Waals surface area contributed by atoms with Crippen LogP contribution in [0.4, 0.5) is 0 Å². The van der Waals surface area contributed by atoms with Gasteiger partial charge in [0.05, 0.1) is 0 Å². The molecule has 6 heteroatoms. The minimum atomic E-state index is -0.760. The number of ether oxygens (including phenoxy) is 3. The van der Waals surface area contributed by atoms with Crippen LogP contribution in [0.5, 0.6) is 0 Å². The van der Waals surface area contributed by atoms with Crippen molar-refractivity contribution >= 4 is 17.9 Å². The van der Waals surface area contributed by atoms with E-state index in [9.17, 15) is 14.4 Å². The van der Waals surface area contributed by atoms with Crippen molar-refractivity contribution in [2.75, 3.05) is 13.2 Å². The van der Waals surface area contributed by atoms with Crippen LogP contribution >= 0.6 is 0 Å². The Morgan fingerprint density at radius 1 is 0.254 bits per heavy atom. The van der Waals surface area contributed by atoms with Crippen LogP contribution in [0.15, 0.2) is 0 Å². The highest BCUT2D eigenvalue weighted by Crippen LogP contribution is 2.18. The molecule has 1 atom stereocenters. The molecule has 0 N–H and O–H groups in total. The highest BCUT2D eigenvalue weighted by Gasteiger charge is 2.19. The molecule has 63 heavy (non-hydrogen) atoms. The van der Waals surface area contributed by atoms with E-state index in [0.717, 1.165) is 57.8 Å². The van der Waals surface area contributed by atoms with Gasteiger partial charge < -0.3 is 14.2 Å². The highest BCUT2D eigenvalue weighted by molar-refractivity contribution is 5.71. The van der Waals surface area contributed by atoms with Crippen molar-refractivity contribution in [2.45, 2.75) is 335 Å². The van der Waals surface area contributed by atoms with Gasteiger partial charge >= 0.3 is 17.9 Å². The Morgan fingerprint density at radius 2 is 0.429 bits per heavy atom. The molecule has 0 spiro atoms. The molecule has 0 aliphatic carbocycles. The number of carbonyl (C=O) groups is 3. The molecule has 0 unspecified atom stereocenters. The zero-order valence-electron chi connectivity index (χ0n) is 42.9. The van der Waals surface area contributed by atoms with Crippen LogP contribution in [0.1, 0.15) is 329 Å². The predicted molar refractivity (Wildman–Crippen MR) is 270 cm³/mol. The summed E-state index contributed by atoms with van der Waals surface area (Å²) in [6.45, 7) is 6.69. The normalized spacial score (nSPS) is 11.9. The standard InChI is InChI=1S/C57H110O6/c1-4-7-10-13-16-19-22-24-26-28-30-32-34-36-39-41-44-47-50-56(59)62-53-54(63-57(60)51-48-45-42-37-21-18-15-12-9-6-3)52-61-55(58)49-46-43-40-38-35-33-31-29-27-25-23-20-17-14-11-8-5-2/h54H,4-53H2,1-3H3/t54-/m1/s1.